The van der Waals surface area contributed by atoms with E-state index in [2.05, 4.69) is 5.32 Å². The van der Waals surface area contributed by atoms with Gasteiger partial charge in [0.05, 0.1) is 28.0 Å². The molecule has 1 aromatic carbocycles. The van der Waals surface area contributed by atoms with Gasteiger partial charge in [-0.05, 0) is 19.1 Å². The number of amides is 2. The van der Waals surface area contributed by atoms with Gasteiger partial charge in [0.1, 0.15) is 0 Å². The summed E-state index contributed by atoms with van der Waals surface area (Å²) in [6, 6.07) is 2.94. The lowest BCUT2D eigenvalue weighted by Crippen LogP contribution is -2.19. The van der Waals surface area contributed by atoms with Crippen molar-refractivity contribution in [2.24, 2.45) is 0 Å². The molecule has 0 aliphatic heterocycles. The molecule has 0 heterocycles. The second-order valence-electron chi connectivity index (χ2n) is 3.35. The van der Waals surface area contributed by atoms with Crippen LogP contribution in [0.5, 0.6) is 0 Å². The standard InChI is InChI=1S/C11H12Cl2N2O3/c1-3-18-11(17)14-9-4-7(12)8(13)5-10(9)15(2)6-16/h4-6H,3H2,1-2H3,(H,14,17). The Hall–Kier alpha value is -1.46. The summed E-state index contributed by atoms with van der Waals surface area (Å²) in [7, 11) is 1.53. The number of nitrogens with one attached hydrogen (secondary N) is 1. The molecule has 0 bridgehead atoms. The predicted octanol–water partition coefficient (Wildman–Crippen LogP) is 3.15. The van der Waals surface area contributed by atoms with Crippen molar-refractivity contribution < 1.29 is 14.3 Å². The maximum atomic E-state index is 11.4. The van der Waals surface area contributed by atoms with Crippen molar-refractivity contribution in [1.29, 1.82) is 0 Å². The number of halogens is 2. The van der Waals surface area contributed by atoms with Gasteiger partial charge < -0.3 is 9.64 Å². The molecule has 0 unspecified atom stereocenters. The Balaban J connectivity index is 3.11. The highest BCUT2D eigenvalue weighted by molar-refractivity contribution is 6.42. The third-order valence-corrected chi connectivity index (χ3v) is 2.81. The average molecular weight is 291 g/mol. The van der Waals surface area contributed by atoms with Crippen LogP contribution in [-0.2, 0) is 9.53 Å². The lowest BCUT2D eigenvalue weighted by atomic mass is 10.2. The van der Waals surface area contributed by atoms with Gasteiger partial charge in [0, 0.05) is 7.05 Å². The van der Waals surface area contributed by atoms with Crippen LogP contribution >= 0.6 is 23.2 Å². The van der Waals surface area contributed by atoms with Crippen molar-refractivity contribution in [3.8, 4) is 0 Å². The molecule has 0 aliphatic rings. The van der Waals surface area contributed by atoms with E-state index < -0.39 is 6.09 Å². The van der Waals surface area contributed by atoms with Crippen molar-refractivity contribution in [2.45, 2.75) is 6.92 Å². The number of hydrogen-bond donors (Lipinski definition) is 1. The fourth-order valence-electron chi connectivity index (χ4n) is 1.26. The molecule has 1 aromatic rings. The highest BCUT2D eigenvalue weighted by Gasteiger charge is 2.13. The monoisotopic (exact) mass is 290 g/mol. The largest absolute Gasteiger partial charge is 0.450 e. The number of ether oxygens (including phenoxy) is 1. The molecular weight excluding hydrogens is 279 g/mol. The second-order valence-corrected chi connectivity index (χ2v) is 4.16. The van der Waals surface area contributed by atoms with Crippen molar-refractivity contribution in [1.82, 2.24) is 0 Å². The topological polar surface area (TPSA) is 58.6 Å². The van der Waals surface area contributed by atoms with E-state index >= 15 is 0 Å². The Morgan fingerprint density at radius 1 is 1.44 bits per heavy atom. The molecule has 1 rings (SSSR count). The molecule has 2 amide bonds. The molecular formula is C11H12Cl2N2O3. The van der Waals surface area contributed by atoms with Crippen LogP contribution in [0.25, 0.3) is 0 Å². The molecule has 0 saturated carbocycles. The van der Waals surface area contributed by atoms with E-state index in [0.29, 0.717) is 17.8 Å². The summed E-state index contributed by atoms with van der Waals surface area (Å²) in [4.78, 5) is 23.4. The average Bonchev–Trinajstić information content (AvgIpc) is 2.32. The highest BCUT2D eigenvalue weighted by atomic mass is 35.5. The van der Waals surface area contributed by atoms with Crippen LogP contribution in [0.3, 0.4) is 0 Å². The Bertz CT molecular complexity index is 466. The van der Waals surface area contributed by atoms with Gasteiger partial charge in [-0.15, -0.1) is 0 Å². The lowest BCUT2D eigenvalue weighted by molar-refractivity contribution is -0.107. The normalized spacial score (nSPS) is 9.78. The number of rotatable bonds is 4. The maximum Gasteiger partial charge on any atom is 0.411 e. The van der Waals surface area contributed by atoms with Gasteiger partial charge in [0.25, 0.3) is 0 Å². The zero-order valence-corrected chi connectivity index (χ0v) is 11.4. The van der Waals surface area contributed by atoms with E-state index in [0.717, 1.165) is 0 Å². The fraction of sp³-hybridized carbons (Fsp3) is 0.273. The summed E-state index contributed by atoms with van der Waals surface area (Å²) in [6.45, 7) is 1.93. The Kier molecular flexibility index (Phi) is 5.25. The van der Waals surface area contributed by atoms with E-state index in [9.17, 15) is 9.59 Å². The molecule has 7 heteroatoms. The van der Waals surface area contributed by atoms with Gasteiger partial charge in [-0.25, -0.2) is 4.79 Å². The van der Waals surface area contributed by atoms with E-state index in [1.165, 1.54) is 24.1 Å². The van der Waals surface area contributed by atoms with Crippen LogP contribution in [0.2, 0.25) is 10.0 Å². The molecule has 0 aliphatic carbocycles. The van der Waals surface area contributed by atoms with Gasteiger partial charge in [-0.1, -0.05) is 23.2 Å². The number of carbonyl (C=O) groups is 2. The number of hydrogen-bond acceptors (Lipinski definition) is 3. The molecule has 0 fully saturated rings. The first kappa shape index (κ1) is 14.6. The molecule has 0 spiro atoms. The van der Waals surface area contributed by atoms with Crippen molar-refractivity contribution >= 4 is 47.1 Å². The number of carbonyl (C=O) groups excluding carboxylic acids is 2. The van der Waals surface area contributed by atoms with Gasteiger partial charge in [-0.3, -0.25) is 10.1 Å². The third kappa shape index (κ3) is 3.51. The number of benzene rings is 1. The van der Waals surface area contributed by atoms with Gasteiger partial charge in [-0.2, -0.15) is 0 Å². The minimum absolute atomic E-state index is 0.242. The molecule has 18 heavy (non-hydrogen) atoms. The second kappa shape index (κ2) is 6.47. The van der Waals surface area contributed by atoms with Crippen LogP contribution in [0.15, 0.2) is 12.1 Å². The van der Waals surface area contributed by atoms with Crippen molar-refractivity contribution in [2.75, 3.05) is 23.9 Å². The molecule has 5 nitrogen and oxygen atoms in total. The summed E-state index contributed by atoms with van der Waals surface area (Å²) in [5, 5.41) is 3.05. The summed E-state index contributed by atoms with van der Waals surface area (Å²) in [5.74, 6) is 0. The fourth-order valence-corrected chi connectivity index (χ4v) is 1.58. The molecule has 98 valence electrons. The Morgan fingerprint density at radius 3 is 2.61 bits per heavy atom. The zero-order valence-electron chi connectivity index (χ0n) is 9.87. The van der Waals surface area contributed by atoms with E-state index in [4.69, 9.17) is 27.9 Å². The van der Waals surface area contributed by atoms with E-state index in [1.54, 1.807) is 6.92 Å². The minimum Gasteiger partial charge on any atom is -0.450 e. The smallest absolute Gasteiger partial charge is 0.411 e. The van der Waals surface area contributed by atoms with Gasteiger partial charge >= 0.3 is 6.09 Å². The first-order valence-electron chi connectivity index (χ1n) is 5.10. The van der Waals surface area contributed by atoms with Crippen LogP contribution in [0.1, 0.15) is 6.92 Å². The first-order chi connectivity index (χ1) is 8.49. The van der Waals surface area contributed by atoms with Gasteiger partial charge in [0.15, 0.2) is 0 Å². The SMILES string of the molecule is CCOC(=O)Nc1cc(Cl)c(Cl)cc1N(C)C=O. The quantitative estimate of drug-likeness (QED) is 0.867. The Labute approximate surface area is 115 Å². The maximum absolute atomic E-state index is 11.4. The zero-order chi connectivity index (χ0) is 13.7. The molecule has 0 aromatic heterocycles. The van der Waals surface area contributed by atoms with Crippen molar-refractivity contribution in [3.05, 3.63) is 22.2 Å². The Morgan fingerprint density at radius 2 is 2.06 bits per heavy atom. The molecule has 0 atom stereocenters. The van der Waals surface area contributed by atoms with Crippen LogP contribution in [0, 0.1) is 0 Å². The summed E-state index contributed by atoms with van der Waals surface area (Å²) < 4.78 is 4.75. The van der Waals surface area contributed by atoms with Crippen LogP contribution in [0.4, 0.5) is 16.2 Å². The minimum atomic E-state index is -0.628. The third-order valence-electron chi connectivity index (χ3n) is 2.09. The van der Waals surface area contributed by atoms with Gasteiger partial charge in [0.2, 0.25) is 6.41 Å². The highest BCUT2D eigenvalue weighted by Crippen LogP contribution is 2.34. The van der Waals surface area contributed by atoms with E-state index in [-0.39, 0.29) is 16.7 Å². The predicted molar refractivity (Wildman–Crippen MR) is 71.6 cm³/mol. The first-order valence-corrected chi connectivity index (χ1v) is 5.86. The molecule has 1 N–H and O–H groups in total. The summed E-state index contributed by atoms with van der Waals surface area (Å²) in [5.41, 5.74) is 0.768. The van der Waals surface area contributed by atoms with Crippen LogP contribution in [-0.4, -0.2) is 26.2 Å². The number of anilines is 2. The molecule has 0 radical (unpaired) electrons. The lowest BCUT2D eigenvalue weighted by Gasteiger charge is -2.17. The van der Waals surface area contributed by atoms with Crippen LogP contribution < -0.4 is 10.2 Å². The summed E-state index contributed by atoms with van der Waals surface area (Å²) >= 11 is 11.7. The van der Waals surface area contributed by atoms with E-state index in [1.807, 2.05) is 0 Å². The van der Waals surface area contributed by atoms with Crippen molar-refractivity contribution in [3.63, 3.8) is 0 Å². The summed E-state index contributed by atoms with van der Waals surface area (Å²) in [6.07, 6.45) is -0.0351. The number of nitrogens with zero attached hydrogens (tertiary/aromatic N) is 1. The molecule has 0 saturated heterocycles.